The fourth-order valence-electron chi connectivity index (χ4n) is 0.737. The summed E-state index contributed by atoms with van der Waals surface area (Å²) in [6, 6.07) is 0. The molecule has 0 radical (unpaired) electrons. The van der Waals surface area contributed by atoms with Crippen molar-refractivity contribution >= 4 is 10.0 Å². The Morgan fingerprint density at radius 3 is 1.10 bits per heavy atom. The van der Waals surface area contributed by atoms with E-state index in [1.807, 2.05) is 0 Å². The zero-order valence-corrected chi connectivity index (χ0v) is 9.28. The SMILES string of the molecule is NS(=O)(=O)C(F)(F)C(F)(F)C(F)(F)C(F)(F)C(F)(F)F. The van der Waals surface area contributed by atoms with Crippen molar-refractivity contribution in [3.63, 3.8) is 0 Å². The van der Waals surface area contributed by atoms with Gasteiger partial charge in [0.15, 0.2) is 0 Å². The lowest BCUT2D eigenvalue weighted by Crippen LogP contribution is -2.68. The number of primary sulfonamides is 1. The lowest BCUT2D eigenvalue weighted by Gasteiger charge is -2.36. The molecule has 0 unspecified atom stereocenters. The molecule has 15 heteroatoms. The van der Waals surface area contributed by atoms with E-state index in [2.05, 4.69) is 5.14 Å². The summed E-state index contributed by atoms with van der Waals surface area (Å²) in [5.41, 5.74) is 0. The molecule has 3 nitrogen and oxygen atoms in total. The van der Waals surface area contributed by atoms with E-state index in [9.17, 15) is 56.7 Å². The Morgan fingerprint density at radius 2 is 0.900 bits per heavy atom. The third-order valence-electron chi connectivity index (χ3n) is 1.87. The van der Waals surface area contributed by atoms with E-state index < -0.39 is 39.2 Å². The van der Waals surface area contributed by atoms with E-state index in [-0.39, 0.29) is 0 Å². The van der Waals surface area contributed by atoms with Crippen molar-refractivity contribution in [3.05, 3.63) is 0 Å². The molecule has 0 heterocycles. The molecular formula is C5H2F11NO2S. The summed E-state index contributed by atoms with van der Waals surface area (Å²) in [7, 11) is -6.91. The van der Waals surface area contributed by atoms with Gasteiger partial charge in [-0.05, 0) is 0 Å². The molecule has 0 fully saturated rings. The highest BCUT2D eigenvalue weighted by Gasteiger charge is 2.89. The summed E-state index contributed by atoms with van der Waals surface area (Å²) in [4.78, 5) is 0. The number of rotatable bonds is 4. The molecule has 0 spiro atoms. The van der Waals surface area contributed by atoms with Gasteiger partial charge in [0.1, 0.15) is 0 Å². The monoisotopic (exact) mass is 349 g/mol. The van der Waals surface area contributed by atoms with E-state index in [0.717, 1.165) is 0 Å². The van der Waals surface area contributed by atoms with Gasteiger partial charge in [0, 0.05) is 0 Å². The van der Waals surface area contributed by atoms with Crippen LogP contribution >= 0.6 is 0 Å². The van der Waals surface area contributed by atoms with Crippen molar-refractivity contribution in [2.75, 3.05) is 0 Å². The fourth-order valence-corrected chi connectivity index (χ4v) is 1.22. The Bertz CT molecular complexity index is 478. The highest BCUT2D eigenvalue weighted by atomic mass is 32.2. The molecule has 0 saturated heterocycles. The molecule has 0 aromatic heterocycles. The second kappa shape index (κ2) is 4.32. The van der Waals surface area contributed by atoms with Crippen LogP contribution in [-0.2, 0) is 10.0 Å². The number of halogens is 11. The minimum atomic E-state index is -7.78. The van der Waals surface area contributed by atoms with Crippen LogP contribution in [0.15, 0.2) is 0 Å². The van der Waals surface area contributed by atoms with Gasteiger partial charge in [-0.3, -0.25) is 0 Å². The van der Waals surface area contributed by atoms with Crippen molar-refractivity contribution in [1.82, 2.24) is 0 Å². The normalized spacial score (nSPS) is 16.4. The summed E-state index contributed by atoms with van der Waals surface area (Å²) >= 11 is 0. The van der Waals surface area contributed by atoms with Gasteiger partial charge in [0.2, 0.25) is 0 Å². The summed E-state index contributed by atoms with van der Waals surface area (Å²) in [5.74, 6) is -23.1. The molecule has 0 aliphatic rings. The van der Waals surface area contributed by atoms with Crippen molar-refractivity contribution in [3.8, 4) is 0 Å². The van der Waals surface area contributed by atoms with Crippen LogP contribution in [0.4, 0.5) is 48.3 Å². The van der Waals surface area contributed by atoms with Crippen LogP contribution in [0.2, 0.25) is 0 Å². The Morgan fingerprint density at radius 1 is 0.600 bits per heavy atom. The Balaban J connectivity index is 6.22. The lowest BCUT2D eigenvalue weighted by molar-refractivity contribution is -0.413. The van der Waals surface area contributed by atoms with Crippen LogP contribution < -0.4 is 5.14 Å². The maximum atomic E-state index is 12.6. The highest BCUT2D eigenvalue weighted by molar-refractivity contribution is 7.90. The standard InChI is InChI=1S/C5H2F11NO2S/c6-1(7,2(8,9)4(12,13)14)3(10,11)5(15,16)20(17,18)19/h(H2,17,18,19). The highest BCUT2D eigenvalue weighted by Crippen LogP contribution is 2.57. The van der Waals surface area contributed by atoms with Gasteiger partial charge in [-0.1, -0.05) is 0 Å². The molecule has 2 N–H and O–H groups in total. The third kappa shape index (κ3) is 2.29. The van der Waals surface area contributed by atoms with Gasteiger partial charge in [-0.15, -0.1) is 0 Å². The van der Waals surface area contributed by atoms with E-state index in [1.165, 1.54) is 0 Å². The lowest BCUT2D eigenvalue weighted by atomic mass is 10.0. The molecule has 0 amide bonds. The minimum Gasteiger partial charge on any atom is -0.223 e. The van der Waals surface area contributed by atoms with E-state index >= 15 is 0 Å². The van der Waals surface area contributed by atoms with Gasteiger partial charge < -0.3 is 0 Å². The van der Waals surface area contributed by atoms with Gasteiger partial charge in [-0.2, -0.15) is 48.3 Å². The first kappa shape index (κ1) is 19.1. The quantitative estimate of drug-likeness (QED) is 0.792. The molecule has 122 valence electrons. The smallest absolute Gasteiger partial charge is 0.223 e. The Kier molecular flexibility index (Phi) is 4.13. The van der Waals surface area contributed by atoms with Crippen molar-refractivity contribution in [2.24, 2.45) is 5.14 Å². The van der Waals surface area contributed by atoms with Crippen LogP contribution in [-0.4, -0.2) is 37.6 Å². The van der Waals surface area contributed by atoms with Crippen LogP contribution in [0.1, 0.15) is 0 Å². The van der Waals surface area contributed by atoms with Crippen LogP contribution in [0, 0.1) is 0 Å². The average molecular weight is 349 g/mol. The molecule has 0 bridgehead atoms. The molecule has 0 rings (SSSR count). The molecule has 20 heavy (non-hydrogen) atoms. The third-order valence-corrected chi connectivity index (χ3v) is 2.84. The predicted octanol–water partition coefficient (Wildman–Crippen LogP) is 2.34. The first-order valence-electron chi connectivity index (χ1n) is 3.85. The molecule has 0 aliphatic carbocycles. The topological polar surface area (TPSA) is 60.2 Å². The van der Waals surface area contributed by atoms with Gasteiger partial charge in [-0.25, -0.2) is 13.6 Å². The molecule has 0 aliphatic heterocycles. The molecule has 0 atom stereocenters. The number of hydrogen-bond acceptors (Lipinski definition) is 2. The van der Waals surface area contributed by atoms with Crippen molar-refractivity contribution in [1.29, 1.82) is 0 Å². The van der Waals surface area contributed by atoms with E-state index in [0.29, 0.717) is 0 Å². The largest absolute Gasteiger partial charge is 0.460 e. The molecular weight excluding hydrogens is 347 g/mol. The summed E-state index contributed by atoms with van der Waals surface area (Å²) in [6.07, 6.45) is -7.35. The van der Waals surface area contributed by atoms with Crippen LogP contribution in [0.3, 0.4) is 0 Å². The average Bonchev–Trinajstić information content (AvgIpc) is 2.12. The van der Waals surface area contributed by atoms with Crippen LogP contribution in [0.25, 0.3) is 0 Å². The van der Waals surface area contributed by atoms with Gasteiger partial charge in [0.25, 0.3) is 10.0 Å². The molecule has 0 aromatic rings. The van der Waals surface area contributed by atoms with E-state index in [4.69, 9.17) is 0 Å². The number of alkyl halides is 11. The number of nitrogens with two attached hydrogens (primary N) is 1. The van der Waals surface area contributed by atoms with Crippen molar-refractivity contribution < 1.29 is 56.7 Å². The summed E-state index contributed by atoms with van der Waals surface area (Å²) in [6.45, 7) is 0. The number of hydrogen-bond donors (Lipinski definition) is 1. The Labute approximate surface area is 102 Å². The maximum Gasteiger partial charge on any atom is 0.460 e. The molecule has 0 aromatic carbocycles. The number of sulfonamides is 1. The first-order chi connectivity index (χ1) is 8.25. The fraction of sp³-hybridized carbons (Fsp3) is 1.00. The predicted molar refractivity (Wildman–Crippen MR) is 39.0 cm³/mol. The second-order valence-corrected chi connectivity index (χ2v) is 4.89. The molecule has 0 saturated carbocycles. The first-order valence-corrected chi connectivity index (χ1v) is 5.40. The van der Waals surface area contributed by atoms with Gasteiger partial charge >= 0.3 is 29.2 Å². The van der Waals surface area contributed by atoms with Gasteiger partial charge in [0.05, 0.1) is 0 Å². The summed E-state index contributed by atoms with van der Waals surface area (Å²) < 4.78 is 154. The maximum absolute atomic E-state index is 12.6. The zero-order chi connectivity index (χ0) is 17.0. The van der Waals surface area contributed by atoms with E-state index in [1.54, 1.807) is 0 Å². The Hall–Kier alpha value is -0.860. The zero-order valence-electron chi connectivity index (χ0n) is 8.46. The van der Waals surface area contributed by atoms with Crippen molar-refractivity contribution in [2.45, 2.75) is 29.2 Å². The van der Waals surface area contributed by atoms with Crippen LogP contribution in [0.5, 0.6) is 0 Å². The summed E-state index contributed by atoms with van der Waals surface area (Å²) in [5, 5.41) is -3.64. The second-order valence-electron chi connectivity index (χ2n) is 3.28. The minimum absolute atomic E-state index is 3.43.